The topological polar surface area (TPSA) is 98.5 Å². The van der Waals surface area contributed by atoms with Crippen LogP contribution in [0, 0.1) is 0 Å². The highest BCUT2D eigenvalue weighted by atomic mass is 32.2. The predicted molar refractivity (Wildman–Crippen MR) is 102 cm³/mol. The van der Waals surface area contributed by atoms with Crippen molar-refractivity contribution in [2.75, 3.05) is 5.32 Å². The van der Waals surface area contributed by atoms with Gasteiger partial charge in [-0.1, -0.05) is 36.9 Å². The van der Waals surface area contributed by atoms with Crippen LogP contribution in [0.5, 0.6) is 0 Å². The van der Waals surface area contributed by atoms with Gasteiger partial charge in [-0.25, -0.2) is 0 Å². The van der Waals surface area contributed by atoms with Crippen molar-refractivity contribution in [3.63, 3.8) is 0 Å². The maximum absolute atomic E-state index is 12.6. The third-order valence-electron chi connectivity index (χ3n) is 3.66. The Labute approximate surface area is 159 Å². The molecular weight excluding hydrogens is 370 g/mol. The zero-order valence-corrected chi connectivity index (χ0v) is 16.3. The average Bonchev–Trinajstić information content (AvgIpc) is 3.26. The highest BCUT2D eigenvalue weighted by Gasteiger charge is 2.23. The van der Waals surface area contributed by atoms with Crippen LogP contribution >= 0.6 is 23.1 Å². The molecule has 0 spiro atoms. The number of amides is 1. The molecule has 1 atom stereocenters. The Morgan fingerprint density at radius 3 is 2.81 bits per heavy atom. The average molecular weight is 390 g/mol. The van der Waals surface area contributed by atoms with Gasteiger partial charge in [0.1, 0.15) is 5.01 Å². The number of carbonyl (C=O) groups is 1. The lowest BCUT2D eigenvalue weighted by molar-refractivity contribution is -0.115. The molecule has 0 aliphatic carbocycles. The fourth-order valence-corrected chi connectivity index (χ4v) is 3.85. The third kappa shape index (κ3) is 4.07. The molecule has 1 unspecified atom stereocenters. The largest absolute Gasteiger partial charge is 0.305 e. The van der Waals surface area contributed by atoms with Gasteiger partial charge in [0.15, 0.2) is 11.0 Å². The van der Waals surface area contributed by atoms with E-state index in [0.29, 0.717) is 22.5 Å². The number of pyridine rings is 1. The first-order valence-corrected chi connectivity index (χ1v) is 9.91. The van der Waals surface area contributed by atoms with Crippen LogP contribution in [0.2, 0.25) is 0 Å². The number of carbonyl (C=O) groups excluding carboxylic acids is 1. The Hall–Kier alpha value is -2.33. The van der Waals surface area contributed by atoms with Crippen LogP contribution in [0.25, 0.3) is 11.4 Å². The normalized spacial score (nSPS) is 12.1. The molecule has 8 nitrogen and oxygen atoms in total. The van der Waals surface area contributed by atoms with E-state index in [-0.39, 0.29) is 11.2 Å². The van der Waals surface area contributed by atoms with Crippen LogP contribution in [0.1, 0.15) is 25.3 Å². The highest BCUT2D eigenvalue weighted by molar-refractivity contribution is 8.00. The van der Waals surface area contributed by atoms with Crippen molar-refractivity contribution in [3.05, 3.63) is 29.5 Å². The van der Waals surface area contributed by atoms with Crippen LogP contribution in [-0.2, 0) is 18.3 Å². The Morgan fingerprint density at radius 2 is 2.15 bits per heavy atom. The molecule has 0 radical (unpaired) electrons. The maximum atomic E-state index is 12.6. The maximum Gasteiger partial charge on any atom is 0.239 e. The monoisotopic (exact) mass is 389 g/mol. The van der Waals surface area contributed by atoms with Crippen LogP contribution in [0.15, 0.2) is 29.7 Å². The van der Waals surface area contributed by atoms with Crippen molar-refractivity contribution < 1.29 is 4.79 Å². The molecule has 0 saturated carbocycles. The number of nitrogens with one attached hydrogen (secondary N) is 1. The molecule has 3 rings (SSSR count). The smallest absolute Gasteiger partial charge is 0.239 e. The zero-order valence-electron chi connectivity index (χ0n) is 14.7. The Kier molecular flexibility index (Phi) is 5.94. The van der Waals surface area contributed by atoms with Crippen molar-refractivity contribution in [1.82, 2.24) is 29.9 Å². The summed E-state index contributed by atoms with van der Waals surface area (Å²) in [5.41, 5.74) is 0.882. The van der Waals surface area contributed by atoms with Crippen molar-refractivity contribution in [1.29, 1.82) is 0 Å². The summed E-state index contributed by atoms with van der Waals surface area (Å²) in [5.74, 6) is 0.606. The highest BCUT2D eigenvalue weighted by Crippen LogP contribution is 2.28. The molecule has 0 aromatic carbocycles. The summed E-state index contributed by atoms with van der Waals surface area (Å²) in [5, 5.41) is 21.1. The van der Waals surface area contributed by atoms with E-state index >= 15 is 0 Å². The fraction of sp³-hybridized carbons (Fsp3) is 0.375. The number of hydrogen-bond acceptors (Lipinski definition) is 8. The summed E-state index contributed by atoms with van der Waals surface area (Å²) < 4.78 is 1.87. The van der Waals surface area contributed by atoms with Gasteiger partial charge >= 0.3 is 0 Å². The summed E-state index contributed by atoms with van der Waals surface area (Å²) in [6.45, 7) is 3.97. The first-order chi connectivity index (χ1) is 12.6. The van der Waals surface area contributed by atoms with Crippen molar-refractivity contribution >= 4 is 34.1 Å². The number of rotatable bonds is 7. The van der Waals surface area contributed by atoms with Gasteiger partial charge < -0.3 is 4.57 Å². The second kappa shape index (κ2) is 8.37. The summed E-state index contributed by atoms with van der Waals surface area (Å²) in [6, 6.07) is 3.78. The molecule has 0 fully saturated rings. The van der Waals surface area contributed by atoms with Gasteiger partial charge in [0.05, 0.1) is 5.25 Å². The molecule has 0 aliphatic heterocycles. The van der Waals surface area contributed by atoms with E-state index < -0.39 is 0 Å². The Morgan fingerprint density at radius 1 is 1.31 bits per heavy atom. The number of anilines is 1. The first kappa shape index (κ1) is 18.5. The van der Waals surface area contributed by atoms with Gasteiger partial charge in [-0.15, -0.1) is 20.4 Å². The molecule has 1 amide bonds. The quantitative estimate of drug-likeness (QED) is 0.620. The SMILES string of the molecule is CCc1nnc(NC(=O)C(CC)Sc2nnc(-c3cccnc3)n2C)s1. The minimum atomic E-state index is -0.298. The second-order valence-electron chi connectivity index (χ2n) is 5.47. The van der Waals surface area contributed by atoms with Gasteiger partial charge in [-0.3, -0.25) is 15.1 Å². The molecule has 0 aliphatic rings. The van der Waals surface area contributed by atoms with E-state index in [4.69, 9.17) is 0 Å². The molecule has 3 aromatic rings. The van der Waals surface area contributed by atoms with E-state index in [9.17, 15) is 4.79 Å². The van der Waals surface area contributed by atoms with Gasteiger partial charge in [0.2, 0.25) is 11.0 Å². The summed E-state index contributed by atoms with van der Waals surface area (Å²) in [6.07, 6.45) is 4.91. The number of aryl methyl sites for hydroxylation is 1. The van der Waals surface area contributed by atoms with Crippen molar-refractivity contribution in [3.8, 4) is 11.4 Å². The van der Waals surface area contributed by atoms with Crippen molar-refractivity contribution in [2.24, 2.45) is 7.05 Å². The fourth-order valence-electron chi connectivity index (χ4n) is 2.25. The zero-order chi connectivity index (χ0) is 18.5. The standard InChI is InChI=1S/C16H19N7OS2/c1-4-11(14(24)18-15-21-19-12(5-2)26-15)25-16-22-20-13(23(16)3)10-7-6-8-17-9-10/h6-9,11H,4-5H2,1-3H3,(H,18,21,24). The molecule has 3 aromatic heterocycles. The lowest BCUT2D eigenvalue weighted by atomic mass is 10.3. The molecule has 26 heavy (non-hydrogen) atoms. The van der Waals surface area contributed by atoms with Crippen LogP contribution < -0.4 is 5.32 Å². The first-order valence-electron chi connectivity index (χ1n) is 8.22. The Balaban J connectivity index is 1.72. The third-order valence-corrected chi connectivity index (χ3v) is 6.05. The molecule has 136 valence electrons. The van der Waals surface area contributed by atoms with Crippen LogP contribution in [-0.4, -0.2) is 41.1 Å². The van der Waals surface area contributed by atoms with E-state index in [1.165, 1.54) is 23.1 Å². The van der Waals surface area contributed by atoms with Crippen LogP contribution in [0.3, 0.4) is 0 Å². The summed E-state index contributed by atoms with van der Waals surface area (Å²) >= 11 is 2.78. The molecule has 3 heterocycles. The van der Waals surface area contributed by atoms with Gasteiger partial charge in [-0.2, -0.15) is 0 Å². The number of aromatic nitrogens is 6. The molecule has 0 bridgehead atoms. The minimum absolute atomic E-state index is 0.109. The second-order valence-corrected chi connectivity index (χ2v) is 7.70. The van der Waals surface area contributed by atoms with Gasteiger partial charge in [-0.05, 0) is 25.0 Å². The number of thioether (sulfide) groups is 1. The van der Waals surface area contributed by atoms with Crippen molar-refractivity contribution in [2.45, 2.75) is 37.1 Å². The number of nitrogens with zero attached hydrogens (tertiary/aromatic N) is 6. The molecule has 10 heteroatoms. The Bertz CT molecular complexity index is 878. The van der Waals surface area contributed by atoms with Crippen LogP contribution in [0.4, 0.5) is 5.13 Å². The molecular formula is C16H19N7OS2. The van der Waals surface area contributed by atoms with Gasteiger partial charge in [0, 0.05) is 25.0 Å². The van der Waals surface area contributed by atoms with E-state index in [1.807, 2.05) is 37.6 Å². The van der Waals surface area contributed by atoms with E-state index in [1.54, 1.807) is 12.4 Å². The van der Waals surface area contributed by atoms with Gasteiger partial charge in [0.25, 0.3) is 0 Å². The lowest BCUT2D eigenvalue weighted by Crippen LogP contribution is -2.25. The molecule has 0 saturated heterocycles. The van der Waals surface area contributed by atoms with E-state index in [2.05, 4.69) is 30.7 Å². The van der Waals surface area contributed by atoms with E-state index in [0.717, 1.165) is 17.0 Å². The lowest BCUT2D eigenvalue weighted by Gasteiger charge is -2.12. The molecule has 1 N–H and O–H groups in total. The predicted octanol–water partition coefficient (Wildman–Crippen LogP) is 2.80. The summed E-state index contributed by atoms with van der Waals surface area (Å²) in [7, 11) is 1.88. The number of hydrogen-bond donors (Lipinski definition) is 1. The summed E-state index contributed by atoms with van der Waals surface area (Å²) in [4.78, 5) is 16.7. The minimum Gasteiger partial charge on any atom is -0.305 e.